The Bertz CT molecular complexity index is 417. The fraction of sp³-hybridized carbons (Fsp3) is 0.462. The van der Waals surface area contributed by atoms with Gasteiger partial charge in [-0.15, -0.1) is 0 Å². The largest absolute Gasteiger partial charge is 0.508 e. The summed E-state index contributed by atoms with van der Waals surface area (Å²) in [4.78, 5) is 13.4. The average molecular weight is 251 g/mol. The zero-order chi connectivity index (χ0) is 13.0. The summed E-state index contributed by atoms with van der Waals surface area (Å²) >= 11 is 0. The molecule has 1 aromatic rings. The number of carbonyl (C=O) groups is 1. The van der Waals surface area contributed by atoms with Crippen molar-refractivity contribution in [2.75, 3.05) is 13.2 Å². The van der Waals surface area contributed by atoms with Crippen LogP contribution in [0.2, 0.25) is 0 Å². The second-order valence-corrected chi connectivity index (χ2v) is 4.37. The summed E-state index contributed by atoms with van der Waals surface area (Å²) in [5, 5.41) is 18.0. The Labute approximate surface area is 106 Å². The van der Waals surface area contributed by atoms with Crippen LogP contribution in [0, 0.1) is 0 Å². The lowest BCUT2D eigenvalue weighted by molar-refractivity contribution is 0.0797. The van der Waals surface area contributed by atoms with Gasteiger partial charge in [-0.2, -0.15) is 0 Å². The molecule has 0 aliphatic heterocycles. The van der Waals surface area contributed by atoms with Crippen molar-refractivity contribution in [1.29, 1.82) is 0 Å². The number of aromatic hydroxyl groups is 1. The summed E-state index contributed by atoms with van der Waals surface area (Å²) < 4.78 is 4.93. The van der Waals surface area contributed by atoms with E-state index in [0.29, 0.717) is 6.54 Å². The van der Waals surface area contributed by atoms with Gasteiger partial charge in [-0.3, -0.25) is 0 Å². The highest BCUT2D eigenvalue weighted by molar-refractivity contribution is 5.68. The number of amides is 1. The molecular formula is C13H17NO4. The van der Waals surface area contributed by atoms with Crippen LogP contribution in [0.25, 0.3) is 0 Å². The molecule has 0 spiro atoms. The minimum atomic E-state index is -0.408. The lowest BCUT2D eigenvalue weighted by Crippen LogP contribution is -2.33. The van der Waals surface area contributed by atoms with E-state index in [9.17, 15) is 9.90 Å². The molecule has 1 saturated carbocycles. The summed E-state index contributed by atoms with van der Waals surface area (Å²) in [6.07, 6.45) is 1.55. The SMILES string of the molecule is O=C(OCCO)N(Cc1cccc(O)c1)C1CC1. The number of ether oxygens (including phenoxy) is 1. The Kier molecular flexibility index (Phi) is 4.04. The summed E-state index contributed by atoms with van der Waals surface area (Å²) in [6.45, 7) is 0.266. The predicted octanol–water partition coefficient (Wildman–Crippen LogP) is 1.49. The highest BCUT2D eigenvalue weighted by atomic mass is 16.6. The zero-order valence-electron chi connectivity index (χ0n) is 10.1. The van der Waals surface area contributed by atoms with Gasteiger partial charge in [0.25, 0.3) is 0 Å². The standard InChI is InChI=1S/C13H17NO4/c15-6-7-18-13(17)14(11-4-5-11)9-10-2-1-3-12(16)8-10/h1-3,8,11,15-16H,4-7,9H2. The molecule has 2 N–H and O–H groups in total. The molecule has 98 valence electrons. The van der Waals surface area contributed by atoms with Crippen LogP contribution in [0.5, 0.6) is 5.75 Å². The van der Waals surface area contributed by atoms with Gasteiger partial charge in [0, 0.05) is 12.6 Å². The number of benzene rings is 1. The fourth-order valence-corrected chi connectivity index (χ4v) is 1.80. The Morgan fingerprint density at radius 2 is 2.22 bits per heavy atom. The summed E-state index contributed by atoms with van der Waals surface area (Å²) in [6, 6.07) is 7.05. The smallest absolute Gasteiger partial charge is 0.410 e. The highest BCUT2D eigenvalue weighted by Crippen LogP contribution is 2.29. The summed E-state index contributed by atoms with van der Waals surface area (Å²) in [5.74, 6) is 0.187. The number of hydrogen-bond donors (Lipinski definition) is 2. The van der Waals surface area contributed by atoms with E-state index in [4.69, 9.17) is 9.84 Å². The van der Waals surface area contributed by atoms with E-state index in [2.05, 4.69) is 0 Å². The lowest BCUT2D eigenvalue weighted by Gasteiger charge is -2.21. The van der Waals surface area contributed by atoms with Crippen molar-refractivity contribution in [2.24, 2.45) is 0 Å². The van der Waals surface area contributed by atoms with Crippen LogP contribution in [-0.2, 0) is 11.3 Å². The van der Waals surface area contributed by atoms with Gasteiger partial charge in [0.1, 0.15) is 12.4 Å². The van der Waals surface area contributed by atoms with Crippen LogP contribution >= 0.6 is 0 Å². The minimum absolute atomic E-state index is 0.0160. The van der Waals surface area contributed by atoms with Gasteiger partial charge in [-0.1, -0.05) is 12.1 Å². The molecule has 0 heterocycles. The molecule has 0 radical (unpaired) electrons. The van der Waals surface area contributed by atoms with Crippen molar-refractivity contribution in [1.82, 2.24) is 4.90 Å². The first-order valence-corrected chi connectivity index (χ1v) is 6.03. The topological polar surface area (TPSA) is 70.0 Å². The van der Waals surface area contributed by atoms with Gasteiger partial charge in [0.15, 0.2) is 0 Å². The molecule has 1 aliphatic rings. The molecule has 0 unspecified atom stereocenters. The Hall–Kier alpha value is -1.75. The van der Waals surface area contributed by atoms with Crippen molar-refractivity contribution in [3.05, 3.63) is 29.8 Å². The summed E-state index contributed by atoms with van der Waals surface area (Å²) in [5.41, 5.74) is 0.864. The Morgan fingerprint density at radius 3 is 2.83 bits per heavy atom. The Morgan fingerprint density at radius 1 is 1.44 bits per heavy atom. The number of carbonyl (C=O) groups excluding carboxylic acids is 1. The van der Waals surface area contributed by atoms with Gasteiger partial charge in [-0.05, 0) is 30.5 Å². The monoisotopic (exact) mass is 251 g/mol. The maximum absolute atomic E-state index is 11.8. The second kappa shape index (κ2) is 5.73. The van der Waals surface area contributed by atoms with E-state index < -0.39 is 6.09 Å². The molecule has 0 bridgehead atoms. The van der Waals surface area contributed by atoms with E-state index in [-0.39, 0.29) is 25.0 Å². The number of hydrogen-bond acceptors (Lipinski definition) is 4. The predicted molar refractivity (Wildman–Crippen MR) is 65.1 cm³/mol. The number of phenols is 1. The molecule has 1 aromatic carbocycles. The molecule has 0 atom stereocenters. The first-order chi connectivity index (χ1) is 8.70. The van der Waals surface area contributed by atoms with Crippen LogP contribution in [-0.4, -0.2) is 40.5 Å². The van der Waals surface area contributed by atoms with Gasteiger partial charge in [-0.25, -0.2) is 4.79 Å². The molecule has 2 rings (SSSR count). The van der Waals surface area contributed by atoms with Crippen LogP contribution < -0.4 is 0 Å². The third-order valence-electron chi connectivity index (χ3n) is 2.80. The quantitative estimate of drug-likeness (QED) is 0.831. The third kappa shape index (κ3) is 3.37. The van der Waals surface area contributed by atoms with Gasteiger partial charge < -0.3 is 19.8 Å². The lowest BCUT2D eigenvalue weighted by atomic mass is 10.2. The molecule has 5 heteroatoms. The van der Waals surface area contributed by atoms with Crippen molar-refractivity contribution in [2.45, 2.75) is 25.4 Å². The van der Waals surface area contributed by atoms with Crippen LogP contribution in [0.4, 0.5) is 4.79 Å². The highest BCUT2D eigenvalue weighted by Gasteiger charge is 2.33. The van der Waals surface area contributed by atoms with Gasteiger partial charge >= 0.3 is 6.09 Å². The molecule has 18 heavy (non-hydrogen) atoms. The normalized spacial score (nSPS) is 14.3. The molecule has 1 aliphatic carbocycles. The number of aliphatic hydroxyl groups is 1. The van der Waals surface area contributed by atoms with E-state index in [0.717, 1.165) is 18.4 Å². The van der Waals surface area contributed by atoms with E-state index in [1.165, 1.54) is 0 Å². The molecule has 0 saturated heterocycles. The van der Waals surface area contributed by atoms with Crippen LogP contribution in [0.15, 0.2) is 24.3 Å². The summed E-state index contributed by atoms with van der Waals surface area (Å²) in [7, 11) is 0. The molecule has 1 fully saturated rings. The van der Waals surface area contributed by atoms with E-state index >= 15 is 0 Å². The van der Waals surface area contributed by atoms with Crippen molar-refractivity contribution >= 4 is 6.09 Å². The van der Waals surface area contributed by atoms with Crippen LogP contribution in [0.3, 0.4) is 0 Å². The number of nitrogens with zero attached hydrogens (tertiary/aromatic N) is 1. The van der Waals surface area contributed by atoms with Crippen molar-refractivity contribution < 1.29 is 19.7 Å². The van der Waals surface area contributed by atoms with E-state index in [1.807, 2.05) is 6.07 Å². The minimum Gasteiger partial charge on any atom is -0.508 e. The van der Waals surface area contributed by atoms with Gasteiger partial charge in [0.2, 0.25) is 0 Å². The zero-order valence-corrected chi connectivity index (χ0v) is 10.1. The van der Waals surface area contributed by atoms with E-state index in [1.54, 1.807) is 23.1 Å². The third-order valence-corrected chi connectivity index (χ3v) is 2.80. The average Bonchev–Trinajstić information content (AvgIpc) is 3.17. The Balaban J connectivity index is 2.00. The maximum atomic E-state index is 11.8. The number of aliphatic hydroxyl groups excluding tert-OH is 1. The molecule has 1 amide bonds. The van der Waals surface area contributed by atoms with Crippen LogP contribution in [0.1, 0.15) is 18.4 Å². The van der Waals surface area contributed by atoms with Crippen molar-refractivity contribution in [3.8, 4) is 5.75 Å². The second-order valence-electron chi connectivity index (χ2n) is 4.37. The molecule has 5 nitrogen and oxygen atoms in total. The molecule has 0 aromatic heterocycles. The first kappa shape index (κ1) is 12.7. The molecular weight excluding hydrogens is 234 g/mol. The van der Waals surface area contributed by atoms with Gasteiger partial charge in [0.05, 0.1) is 6.61 Å². The number of phenolic OH excluding ortho intramolecular Hbond substituents is 1. The maximum Gasteiger partial charge on any atom is 0.410 e. The number of rotatable bonds is 5. The fourth-order valence-electron chi connectivity index (χ4n) is 1.80. The first-order valence-electron chi connectivity index (χ1n) is 6.03. The van der Waals surface area contributed by atoms with Crippen molar-refractivity contribution in [3.63, 3.8) is 0 Å².